The summed E-state index contributed by atoms with van der Waals surface area (Å²) >= 11 is 0. The molecule has 0 bridgehead atoms. The molecule has 154 valence electrons. The van der Waals surface area contributed by atoms with E-state index in [1.165, 1.54) is 0 Å². The van der Waals surface area contributed by atoms with Gasteiger partial charge in [-0.25, -0.2) is 4.98 Å². The number of hydrogen-bond donors (Lipinski definition) is 5. The van der Waals surface area contributed by atoms with E-state index < -0.39 is 24.5 Å². The van der Waals surface area contributed by atoms with Crippen LogP contribution < -0.4 is 21.1 Å². The zero-order valence-electron chi connectivity index (χ0n) is 15.8. The number of nitrogens with two attached hydrogens (primary N) is 1. The van der Waals surface area contributed by atoms with Crippen LogP contribution in [0, 0.1) is 0 Å². The molecule has 1 amide bonds. The minimum absolute atomic E-state index is 0.0501. The molecule has 0 radical (unpaired) electrons. The van der Waals surface area contributed by atoms with Crippen LogP contribution in [0.1, 0.15) is 34.0 Å². The van der Waals surface area contributed by atoms with Gasteiger partial charge in [0.2, 0.25) is 0 Å². The SMILES string of the molecule is Nc1ccc([C@@H](O)CNC[C@H]2CCc3cc(C(=O)NCC(=O)O)ccc3O2)cn1. The second kappa shape index (κ2) is 9.35. The molecule has 2 aromatic rings. The molecular weight excluding hydrogens is 376 g/mol. The highest BCUT2D eigenvalue weighted by molar-refractivity contribution is 5.96. The molecule has 29 heavy (non-hydrogen) atoms. The minimum atomic E-state index is -1.09. The van der Waals surface area contributed by atoms with E-state index in [1.54, 1.807) is 36.5 Å². The van der Waals surface area contributed by atoms with E-state index in [0.29, 0.717) is 35.8 Å². The molecule has 1 aromatic carbocycles. The monoisotopic (exact) mass is 400 g/mol. The van der Waals surface area contributed by atoms with E-state index in [2.05, 4.69) is 15.6 Å². The summed E-state index contributed by atoms with van der Waals surface area (Å²) in [4.78, 5) is 26.5. The van der Waals surface area contributed by atoms with Crippen molar-refractivity contribution in [3.8, 4) is 5.75 Å². The number of aliphatic carboxylic acids is 1. The Bertz CT molecular complexity index is 872. The van der Waals surface area contributed by atoms with Gasteiger partial charge in [0, 0.05) is 30.4 Å². The second-order valence-electron chi connectivity index (χ2n) is 6.87. The number of hydrogen-bond acceptors (Lipinski definition) is 7. The number of nitrogens with zero attached hydrogens (tertiary/aromatic N) is 1. The number of amides is 1. The number of carbonyl (C=O) groups is 2. The van der Waals surface area contributed by atoms with Gasteiger partial charge in [-0.2, -0.15) is 0 Å². The highest BCUT2D eigenvalue weighted by Gasteiger charge is 2.21. The lowest BCUT2D eigenvalue weighted by atomic mass is 9.99. The van der Waals surface area contributed by atoms with E-state index in [4.69, 9.17) is 15.6 Å². The van der Waals surface area contributed by atoms with Crippen molar-refractivity contribution >= 4 is 17.7 Å². The van der Waals surface area contributed by atoms with Crippen LogP contribution in [-0.2, 0) is 11.2 Å². The topological polar surface area (TPSA) is 147 Å². The van der Waals surface area contributed by atoms with E-state index in [-0.39, 0.29) is 6.10 Å². The fourth-order valence-corrected chi connectivity index (χ4v) is 3.10. The number of fused-ring (bicyclic) bond motifs is 1. The molecule has 0 saturated carbocycles. The molecule has 0 aliphatic carbocycles. The van der Waals surface area contributed by atoms with Gasteiger partial charge in [0.1, 0.15) is 24.2 Å². The van der Waals surface area contributed by atoms with Crippen LogP contribution in [0.2, 0.25) is 0 Å². The number of pyridine rings is 1. The first-order chi connectivity index (χ1) is 13.9. The summed E-state index contributed by atoms with van der Waals surface area (Å²) in [5.74, 6) is -0.398. The summed E-state index contributed by atoms with van der Waals surface area (Å²) in [5, 5.41) is 24.4. The Labute approximate surface area is 167 Å². The van der Waals surface area contributed by atoms with E-state index in [1.807, 2.05) is 0 Å². The number of ether oxygens (including phenoxy) is 1. The number of benzene rings is 1. The van der Waals surface area contributed by atoms with Gasteiger partial charge in [-0.15, -0.1) is 0 Å². The first kappa shape index (κ1) is 20.6. The smallest absolute Gasteiger partial charge is 0.322 e. The van der Waals surface area contributed by atoms with Gasteiger partial charge >= 0.3 is 5.97 Å². The average Bonchev–Trinajstić information content (AvgIpc) is 2.72. The molecular formula is C20H24N4O5. The number of nitrogens with one attached hydrogen (secondary N) is 2. The Morgan fingerprint density at radius 3 is 2.86 bits per heavy atom. The van der Waals surface area contributed by atoms with Gasteiger partial charge in [0.05, 0.1) is 6.10 Å². The lowest BCUT2D eigenvalue weighted by molar-refractivity contribution is -0.135. The fourth-order valence-electron chi connectivity index (χ4n) is 3.10. The van der Waals surface area contributed by atoms with Crippen molar-refractivity contribution in [2.75, 3.05) is 25.4 Å². The standard InChI is InChI=1S/C20H24N4O5/c21-18-6-3-14(8-23-18)16(25)10-22-9-15-4-1-12-7-13(2-5-17(12)29-15)20(28)24-11-19(26)27/h2-3,5-8,15-16,22,25H,1,4,9-11H2,(H2,21,23)(H,24,28)(H,26,27)/t15-,16+/m1/s1. The van der Waals surface area contributed by atoms with Crippen LogP contribution in [0.4, 0.5) is 5.82 Å². The molecule has 9 nitrogen and oxygen atoms in total. The van der Waals surface area contributed by atoms with E-state index >= 15 is 0 Å². The number of aromatic nitrogens is 1. The molecule has 6 N–H and O–H groups in total. The molecule has 2 atom stereocenters. The third-order valence-corrected chi connectivity index (χ3v) is 4.66. The zero-order chi connectivity index (χ0) is 20.8. The van der Waals surface area contributed by atoms with Gasteiger partial charge in [0.15, 0.2) is 0 Å². The Morgan fingerprint density at radius 2 is 2.14 bits per heavy atom. The van der Waals surface area contributed by atoms with Crippen molar-refractivity contribution in [2.24, 2.45) is 0 Å². The number of aryl methyl sites for hydroxylation is 1. The normalized spacial score (nSPS) is 16.4. The fraction of sp³-hybridized carbons (Fsp3) is 0.350. The summed E-state index contributed by atoms with van der Waals surface area (Å²) in [5.41, 5.74) is 7.56. The number of nitrogen functional groups attached to an aromatic ring is 1. The molecule has 0 fully saturated rings. The lowest BCUT2D eigenvalue weighted by Gasteiger charge is -2.27. The quantitative estimate of drug-likeness (QED) is 0.430. The van der Waals surface area contributed by atoms with Crippen LogP contribution in [-0.4, -0.2) is 52.8 Å². The zero-order valence-corrected chi connectivity index (χ0v) is 15.8. The Morgan fingerprint density at radius 1 is 1.31 bits per heavy atom. The number of aliphatic hydroxyl groups is 1. The average molecular weight is 400 g/mol. The van der Waals surface area contributed by atoms with Crippen molar-refractivity contribution in [3.05, 3.63) is 53.2 Å². The molecule has 2 heterocycles. The largest absolute Gasteiger partial charge is 0.489 e. The summed E-state index contributed by atoms with van der Waals surface area (Å²) in [6.45, 7) is 0.513. The van der Waals surface area contributed by atoms with Crippen LogP contribution in [0.25, 0.3) is 0 Å². The van der Waals surface area contributed by atoms with Crippen molar-refractivity contribution in [1.82, 2.24) is 15.6 Å². The minimum Gasteiger partial charge on any atom is -0.489 e. The molecule has 1 aliphatic heterocycles. The van der Waals surface area contributed by atoms with Gasteiger partial charge < -0.3 is 31.3 Å². The number of carbonyl (C=O) groups excluding carboxylic acids is 1. The highest BCUT2D eigenvalue weighted by Crippen LogP contribution is 2.28. The van der Waals surface area contributed by atoms with Crippen molar-refractivity contribution < 1.29 is 24.5 Å². The summed E-state index contributed by atoms with van der Waals surface area (Å²) in [7, 11) is 0. The third-order valence-electron chi connectivity index (χ3n) is 4.66. The summed E-state index contributed by atoms with van der Waals surface area (Å²) < 4.78 is 5.97. The maximum absolute atomic E-state index is 12.0. The van der Waals surface area contributed by atoms with Gasteiger partial charge in [-0.05, 0) is 42.7 Å². The molecule has 0 unspecified atom stereocenters. The molecule has 1 aromatic heterocycles. The van der Waals surface area contributed by atoms with Crippen LogP contribution in [0.3, 0.4) is 0 Å². The Kier molecular flexibility index (Phi) is 6.63. The molecule has 0 saturated heterocycles. The summed E-state index contributed by atoms with van der Waals surface area (Å²) in [6.07, 6.45) is 2.32. The van der Waals surface area contributed by atoms with Gasteiger partial charge in [-0.3, -0.25) is 9.59 Å². The van der Waals surface area contributed by atoms with Crippen molar-refractivity contribution in [3.63, 3.8) is 0 Å². The number of anilines is 1. The van der Waals surface area contributed by atoms with E-state index in [0.717, 1.165) is 18.4 Å². The molecule has 1 aliphatic rings. The number of aliphatic hydroxyl groups excluding tert-OH is 1. The predicted octanol–water partition coefficient (Wildman–Crippen LogP) is 0.495. The maximum atomic E-state index is 12.0. The Balaban J connectivity index is 1.49. The number of rotatable bonds is 8. The first-order valence-corrected chi connectivity index (χ1v) is 9.32. The maximum Gasteiger partial charge on any atom is 0.322 e. The van der Waals surface area contributed by atoms with E-state index in [9.17, 15) is 14.7 Å². The van der Waals surface area contributed by atoms with Gasteiger partial charge in [0.25, 0.3) is 5.91 Å². The third kappa shape index (κ3) is 5.66. The number of carboxylic acids is 1. The highest BCUT2D eigenvalue weighted by atomic mass is 16.5. The lowest BCUT2D eigenvalue weighted by Crippen LogP contribution is -2.36. The van der Waals surface area contributed by atoms with Crippen molar-refractivity contribution in [2.45, 2.75) is 25.0 Å². The molecule has 9 heteroatoms. The number of carboxylic acid groups (broad SMARTS) is 1. The van der Waals surface area contributed by atoms with Crippen LogP contribution in [0.5, 0.6) is 5.75 Å². The van der Waals surface area contributed by atoms with Crippen molar-refractivity contribution in [1.29, 1.82) is 0 Å². The van der Waals surface area contributed by atoms with Crippen LogP contribution in [0.15, 0.2) is 36.5 Å². The molecule has 3 rings (SSSR count). The second-order valence-corrected chi connectivity index (χ2v) is 6.87. The molecule has 0 spiro atoms. The predicted molar refractivity (Wildman–Crippen MR) is 106 cm³/mol. The Hall–Kier alpha value is -3.17. The summed E-state index contributed by atoms with van der Waals surface area (Å²) in [6, 6.07) is 8.46. The first-order valence-electron chi connectivity index (χ1n) is 9.32. The van der Waals surface area contributed by atoms with Gasteiger partial charge in [-0.1, -0.05) is 6.07 Å². The van der Waals surface area contributed by atoms with Crippen LogP contribution >= 0.6 is 0 Å².